The van der Waals surface area contributed by atoms with Gasteiger partial charge in [0.1, 0.15) is 5.75 Å². The van der Waals surface area contributed by atoms with Gasteiger partial charge < -0.3 is 10.5 Å². The smallest absolute Gasteiger partial charge is 0.176 e. The molecule has 1 aliphatic rings. The first-order valence-corrected chi connectivity index (χ1v) is 7.32. The van der Waals surface area contributed by atoms with E-state index in [1.54, 1.807) is 0 Å². The molecule has 110 valence electrons. The van der Waals surface area contributed by atoms with E-state index in [9.17, 15) is 4.79 Å². The fourth-order valence-corrected chi connectivity index (χ4v) is 2.40. The van der Waals surface area contributed by atoms with Crippen molar-refractivity contribution in [1.29, 1.82) is 0 Å². The Morgan fingerprint density at radius 2 is 1.90 bits per heavy atom. The molecule has 1 aromatic carbocycles. The average molecular weight is 276 g/mol. The van der Waals surface area contributed by atoms with E-state index in [4.69, 9.17) is 10.5 Å². The molecule has 0 atom stereocenters. The molecule has 0 saturated carbocycles. The number of nitrogens with two attached hydrogens (primary N) is 1. The molecule has 0 aromatic heterocycles. The number of hydrogen-bond donors (Lipinski definition) is 1. The van der Waals surface area contributed by atoms with Gasteiger partial charge in [-0.15, -0.1) is 0 Å². The van der Waals surface area contributed by atoms with E-state index in [0.717, 1.165) is 37.2 Å². The lowest BCUT2D eigenvalue weighted by Crippen LogP contribution is -2.41. The molecule has 4 heteroatoms. The second kappa shape index (κ2) is 6.86. The highest BCUT2D eigenvalue weighted by Gasteiger charge is 2.18. The SMILES string of the molecule is CC(C)Oc1ccc(C(=O)CN2CCC(N)CC2)cc1. The minimum Gasteiger partial charge on any atom is -0.491 e. The van der Waals surface area contributed by atoms with Gasteiger partial charge in [-0.3, -0.25) is 9.69 Å². The highest BCUT2D eigenvalue weighted by atomic mass is 16.5. The summed E-state index contributed by atoms with van der Waals surface area (Å²) in [5.41, 5.74) is 6.62. The van der Waals surface area contributed by atoms with Crippen molar-refractivity contribution in [1.82, 2.24) is 4.90 Å². The van der Waals surface area contributed by atoms with Crippen LogP contribution < -0.4 is 10.5 Å². The fraction of sp³-hybridized carbons (Fsp3) is 0.562. The highest BCUT2D eigenvalue weighted by Crippen LogP contribution is 2.15. The lowest BCUT2D eigenvalue weighted by molar-refractivity contribution is 0.0910. The standard InChI is InChI=1S/C16H24N2O2/c1-12(2)20-15-5-3-13(4-6-15)16(19)11-18-9-7-14(17)8-10-18/h3-6,12,14H,7-11,17H2,1-2H3. The lowest BCUT2D eigenvalue weighted by atomic mass is 10.0. The van der Waals surface area contributed by atoms with Gasteiger partial charge in [0.05, 0.1) is 12.6 Å². The zero-order valence-corrected chi connectivity index (χ0v) is 12.3. The van der Waals surface area contributed by atoms with Gasteiger partial charge in [0.2, 0.25) is 0 Å². The van der Waals surface area contributed by atoms with E-state index < -0.39 is 0 Å². The number of benzene rings is 1. The maximum atomic E-state index is 12.2. The van der Waals surface area contributed by atoms with Gasteiger partial charge in [-0.1, -0.05) is 0 Å². The quantitative estimate of drug-likeness (QED) is 0.837. The Hall–Kier alpha value is -1.39. The topological polar surface area (TPSA) is 55.6 Å². The third-order valence-corrected chi connectivity index (χ3v) is 3.55. The number of Topliss-reactive ketones (excluding diaryl/α,β-unsaturated/α-hetero) is 1. The van der Waals surface area contributed by atoms with E-state index >= 15 is 0 Å². The van der Waals surface area contributed by atoms with Crippen LogP contribution in [0.3, 0.4) is 0 Å². The third kappa shape index (κ3) is 4.32. The average Bonchev–Trinajstić information content (AvgIpc) is 2.41. The third-order valence-electron chi connectivity index (χ3n) is 3.55. The molecule has 1 aromatic rings. The van der Waals surface area contributed by atoms with Crippen LogP contribution >= 0.6 is 0 Å². The number of hydrogen-bond acceptors (Lipinski definition) is 4. The molecule has 4 nitrogen and oxygen atoms in total. The van der Waals surface area contributed by atoms with Gasteiger partial charge in [-0.2, -0.15) is 0 Å². The molecule has 1 heterocycles. The summed E-state index contributed by atoms with van der Waals surface area (Å²) < 4.78 is 5.58. The zero-order valence-electron chi connectivity index (χ0n) is 12.3. The summed E-state index contributed by atoms with van der Waals surface area (Å²) in [6.45, 7) is 6.29. The number of ketones is 1. The number of likely N-dealkylation sites (tertiary alicyclic amines) is 1. The van der Waals surface area contributed by atoms with Gasteiger partial charge in [0.15, 0.2) is 5.78 Å². The summed E-state index contributed by atoms with van der Waals surface area (Å²) in [6.07, 6.45) is 2.11. The molecule has 0 spiro atoms. The number of ether oxygens (including phenoxy) is 1. The second-order valence-corrected chi connectivity index (χ2v) is 5.73. The molecule has 0 aliphatic carbocycles. The van der Waals surface area contributed by atoms with Gasteiger partial charge in [-0.25, -0.2) is 0 Å². The van der Waals surface area contributed by atoms with E-state index in [2.05, 4.69) is 4.90 Å². The number of nitrogens with zero attached hydrogens (tertiary/aromatic N) is 1. The Bertz CT molecular complexity index is 434. The molecule has 1 saturated heterocycles. The van der Waals surface area contributed by atoms with Crippen molar-refractivity contribution in [3.63, 3.8) is 0 Å². The summed E-state index contributed by atoms with van der Waals surface area (Å²) in [7, 11) is 0. The van der Waals surface area contributed by atoms with Crippen molar-refractivity contribution in [3.05, 3.63) is 29.8 Å². The maximum Gasteiger partial charge on any atom is 0.176 e. The largest absolute Gasteiger partial charge is 0.491 e. The van der Waals surface area contributed by atoms with Crippen molar-refractivity contribution < 1.29 is 9.53 Å². The summed E-state index contributed by atoms with van der Waals surface area (Å²) >= 11 is 0. The van der Waals surface area contributed by atoms with Crippen LogP contribution in [0.15, 0.2) is 24.3 Å². The van der Waals surface area contributed by atoms with Crippen molar-refractivity contribution in [2.75, 3.05) is 19.6 Å². The molecule has 0 bridgehead atoms. The number of carbonyl (C=O) groups excluding carboxylic acids is 1. The van der Waals surface area contributed by atoms with Crippen LogP contribution in [-0.2, 0) is 0 Å². The van der Waals surface area contributed by atoms with Crippen molar-refractivity contribution in [2.45, 2.75) is 38.8 Å². The normalized spacial score (nSPS) is 17.4. The van der Waals surface area contributed by atoms with E-state index in [1.165, 1.54) is 0 Å². The van der Waals surface area contributed by atoms with Gasteiger partial charge >= 0.3 is 0 Å². The summed E-state index contributed by atoms with van der Waals surface area (Å²) in [6, 6.07) is 7.71. The molecule has 1 fully saturated rings. The number of carbonyl (C=O) groups is 1. The molecule has 1 aliphatic heterocycles. The fourth-order valence-electron chi connectivity index (χ4n) is 2.40. The van der Waals surface area contributed by atoms with Crippen LogP contribution in [-0.4, -0.2) is 42.5 Å². The maximum absolute atomic E-state index is 12.2. The van der Waals surface area contributed by atoms with Gasteiger partial charge in [0.25, 0.3) is 0 Å². The van der Waals surface area contributed by atoms with Crippen LogP contribution in [0, 0.1) is 0 Å². The number of rotatable bonds is 5. The van der Waals surface area contributed by atoms with Gasteiger partial charge in [0, 0.05) is 24.7 Å². The minimum atomic E-state index is 0.147. The first-order valence-electron chi connectivity index (χ1n) is 7.32. The molecule has 0 amide bonds. The van der Waals surface area contributed by atoms with Crippen molar-refractivity contribution in [3.8, 4) is 5.75 Å². The first kappa shape index (κ1) is 15.0. The lowest BCUT2D eigenvalue weighted by Gasteiger charge is -2.29. The summed E-state index contributed by atoms with van der Waals surface area (Å²) in [4.78, 5) is 14.4. The van der Waals surface area contributed by atoms with E-state index in [0.29, 0.717) is 12.6 Å². The van der Waals surface area contributed by atoms with E-state index in [-0.39, 0.29) is 11.9 Å². The Morgan fingerprint density at radius 3 is 2.45 bits per heavy atom. The predicted octanol–water partition coefficient (Wildman–Crippen LogP) is 2.08. The van der Waals surface area contributed by atoms with Crippen LogP contribution in [0.2, 0.25) is 0 Å². The number of piperidine rings is 1. The predicted molar refractivity (Wildman–Crippen MR) is 80.2 cm³/mol. The molecule has 20 heavy (non-hydrogen) atoms. The first-order chi connectivity index (χ1) is 9.54. The molecule has 0 radical (unpaired) electrons. The highest BCUT2D eigenvalue weighted by molar-refractivity contribution is 5.97. The summed E-state index contributed by atoms with van der Waals surface area (Å²) in [5, 5.41) is 0. The molecular weight excluding hydrogens is 252 g/mol. The Kier molecular flexibility index (Phi) is 5.15. The molecule has 0 unspecified atom stereocenters. The summed E-state index contributed by atoms with van der Waals surface area (Å²) in [5.74, 6) is 0.970. The Morgan fingerprint density at radius 1 is 1.30 bits per heavy atom. The second-order valence-electron chi connectivity index (χ2n) is 5.73. The monoisotopic (exact) mass is 276 g/mol. The molecular formula is C16H24N2O2. The van der Waals surface area contributed by atoms with Crippen LogP contribution in [0.5, 0.6) is 5.75 Å². The van der Waals surface area contributed by atoms with Crippen LogP contribution in [0.1, 0.15) is 37.0 Å². The molecule has 2 N–H and O–H groups in total. The Labute approximate surface area is 120 Å². The van der Waals surface area contributed by atoms with Crippen LogP contribution in [0.4, 0.5) is 0 Å². The van der Waals surface area contributed by atoms with E-state index in [1.807, 2.05) is 38.1 Å². The zero-order chi connectivity index (χ0) is 14.5. The minimum absolute atomic E-state index is 0.147. The van der Waals surface area contributed by atoms with Crippen molar-refractivity contribution in [2.24, 2.45) is 5.73 Å². The molecule has 2 rings (SSSR count). The Balaban J connectivity index is 1.89. The van der Waals surface area contributed by atoms with Crippen molar-refractivity contribution >= 4 is 5.78 Å². The van der Waals surface area contributed by atoms with Gasteiger partial charge in [-0.05, 0) is 51.0 Å². The van der Waals surface area contributed by atoms with Crippen LogP contribution in [0.25, 0.3) is 0 Å².